The molecule has 15 heavy (non-hydrogen) atoms. The summed E-state index contributed by atoms with van der Waals surface area (Å²) in [6.07, 6.45) is 6.59. The van der Waals surface area contributed by atoms with E-state index < -0.39 is 0 Å². The van der Waals surface area contributed by atoms with E-state index in [2.05, 4.69) is 48.0 Å². The van der Waals surface area contributed by atoms with Gasteiger partial charge in [0.25, 0.3) is 0 Å². The van der Waals surface area contributed by atoms with E-state index in [0.717, 1.165) is 0 Å². The maximum atomic E-state index is 3.58. The van der Waals surface area contributed by atoms with Crippen molar-refractivity contribution in [2.24, 2.45) is 0 Å². The monoisotopic (exact) mass is 266 g/mol. The molecule has 1 aromatic rings. The molecule has 1 atom stereocenters. The van der Waals surface area contributed by atoms with Crippen LogP contribution in [0.4, 0.5) is 0 Å². The van der Waals surface area contributed by atoms with Gasteiger partial charge in [0, 0.05) is 4.47 Å². The van der Waals surface area contributed by atoms with Gasteiger partial charge in [-0.05, 0) is 47.9 Å². The first-order valence-electron chi connectivity index (χ1n) is 5.94. The van der Waals surface area contributed by atoms with Gasteiger partial charge in [0.2, 0.25) is 0 Å². The number of rotatable bonds is 3. The smallest absolute Gasteiger partial charge is 0.0178 e. The Morgan fingerprint density at radius 3 is 2.93 bits per heavy atom. The Balaban J connectivity index is 2.29. The fourth-order valence-electron chi connectivity index (χ4n) is 2.70. The zero-order valence-corrected chi connectivity index (χ0v) is 11.2. The molecule has 0 radical (unpaired) electrons. The molecule has 1 aliphatic carbocycles. The first-order valence-corrected chi connectivity index (χ1v) is 6.74. The number of hydrogen-bond donors (Lipinski definition) is 0. The Morgan fingerprint density at radius 1 is 1.40 bits per heavy atom. The van der Waals surface area contributed by atoms with Crippen molar-refractivity contribution in [3.05, 3.63) is 33.8 Å². The number of halogens is 1. The molecule has 1 unspecified atom stereocenters. The van der Waals surface area contributed by atoms with Gasteiger partial charge in [-0.15, -0.1) is 0 Å². The molecule has 0 aliphatic heterocycles. The molecule has 82 valence electrons. The molecule has 0 amide bonds. The van der Waals surface area contributed by atoms with Crippen molar-refractivity contribution in [1.82, 2.24) is 0 Å². The first kappa shape index (κ1) is 11.2. The summed E-state index contributed by atoms with van der Waals surface area (Å²) in [6, 6.07) is 6.79. The third-order valence-electron chi connectivity index (χ3n) is 3.75. The van der Waals surface area contributed by atoms with Gasteiger partial charge < -0.3 is 0 Å². The van der Waals surface area contributed by atoms with Gasteiger partial charge in [0.1, 0.15) is 0 Å². The fourth-order valence-corrected chi connectivity index (χ4v) is 3.06. The minimum Gasteiger partial charge on any atom is -0.0654 e. The average molecular weight is 267 g/mol. The predicted molar refractivity (Wildman–Crippen MR) is 69.3 cm³/mol. The summed E-state index contributed by atoms with van der Waals surface area (Å²) in [4.78, 5) is 0. The molecule has 0 bridgehead atoms. The standard InChI is InChI=1S/C14H19Br/c1-3-4-8-14(2)9-7-11-5-6-12(15)10-13(11)14/h5-6,10H,3-4,7-9H2,1-2H3. The van der Waals surface area contributed by atoms with Crippen LogP contribution in [0.5, 0.6) is 0 Å². The maximum absolute atomic E-state index is 3.58. The second-order valence-electron chi connectivity index (χ2n) is 4.97. The van der Waals surface area contributed by atoms with Gasteiger partial charge in [-0.25, -0.2) is 0 Å². The summed E-state index contributed by atoms with van der Waals surface area (Å²) in [5, 5.41) is 0. The largest absolute Gasteiger partial charge is 0.0654 e. The van der Waals surface area contributed by atoms with E-state index in [9.17, 15) is 0 Å². The highest BCUT2D eigenvalue weighted by molar-refractivity contribution is 9.10. The molecule has 0 saturated carbocycles. The van der Waals surface area contributed by atoms with Gasteiger partial charge in [-0.3, -0.25) is 0 Å². The van der Waals surface area contributed by atoms with E-state index in [0.29, 0.717) is 5.41 Å². The van der Waals surface area contributed by atoms with Crippen LogP contribution < -0.4 is 0 Å². The van der Waals surface area contributed by atoms with Crippen LogP contribution in [0.15, 0.2) is 22.7 Å². The number of hydrogen-bond acceptors (Lipinski definition) is 0. The van der Waals surface area contributed by atoms with Crippen LogP contribution in [-0.2, 0) is 11.8 Å². The van der Waals surface area contributed by atoms with Crippen LogP contribution in [0.3, 0.4) is 0 Å². The highest BCUT2D eigenvalue weighted by atomic mass is 79.9. The summed E-state index contributed by atoms with van der Waals surface area (Å²) in [7, 11) is 0. The molecule has 0 fully saturated rings. The third kappa shape index (κ3) is 2.13. The van der Waals surface area contributed by atoms with Crippen LogP contribution in [-0.4, -0.2) is 0 Å². The van der Waals surface area contributed by atoms with Crippen molar-refractivity contribution < 1.29 is 0 Å². The van der Waals surface area contributed by atoms with Gasteiger partial charge >= 0.3 is 0 Å². The Bertz CT molecular complexity index is 356. The minimum absolute atomic E-state index is 0.440. The van der Waals surface area contributed by atoms with Gasteiger partial charge in [0.05, 0.1) is 0 Å². The van der Waals surface area contributed by atoms with E-state index in [1.807, 2.05) is 0 Å². The average Bonchev–Trinajstić information content (AvgIpc) is 2.55. The van der Waals surface area contributed by atoms with Gasteiger partial charge in [-0.1, -0.05) is 48.7 Å². The molecular formula is C14H19Br. The molecular weight excluding hydrogens is 248 g/mol. The topological polar surface area (TPSA) is 0 Å². The molecule has 0 aromatic heterocycles. The van der Waals surface area contributed by atoms with Crippen molar-refractivity contribution in [2.45, 2.75) is 51.4 Å². The summed E-state index contributed by atoms with van der Waals surface area (Å²) in [5.41, 5.74) is 3.59. The third-order valence-corrected chi connectivity index (χ3v) is 4.24. The second kappa shape index (κ2) is 4.29. The van der Waals surface area contributed by atoms with Crippen LogP contribution >= 0.6 is 15.9 Å². The molecule has 1 aliphatic rings. The zero-order valence-electron chi connectivity index (χ0n) is 9.65. The highest BCUT2D eigenvalue weighted by Crippen LogP contribution is 2.43. The fraction of sp³-hybridized carbons (Fsp3) is 0.571. The van der Waals surface area contributed by atoms with Crippen LogP contribution in [0.25, 0.3) is 0 Å². The second-order valence-corrected chi connectivity index (χ2v) is 5.88. The van der Waals surface area contributed by atoms with Crippen molar-refractivity contribution >= 4 is 15.9 Å². The van der Waals surface area contributed by atoms with Crippen molar-refractivity contribution in [3.8, 4) is 0 Å². The van der Waals surface area contributed by atoms with Gasteiger partial charge in [-0.2, -0.15) is 0 Å². The summed E-state index contributed by atoms with van der Waals surface area (Å²) in [6.45, 7) is 4.71. The summed E-state index contributed by atoms with van der Waals surface area (Å²) >= 11 is 3.58. The van der Waals surface area contributed by atoms with E-state index in [-0.39, 0.29) is 0 Å². The molecule has 0 heterocycles. The molecule has 0 nitrogen and oxygen atoms in total. The van der Waals surface area contributed by atoms with Crippen molar-refractivity contribution in [2.75, 3.05) is 0 Å². The van der Waals surface area contributed by atoms with Gasteiger partial charge in [0.15, 0.2) is 0 Å². The number of fused-ring (bicyclic) bond motifs is 1. The van der Waals surface area contributed by atoms with Crippen molar-refractivity contribution in [1.29, 1.82) is 0 Å². The van der Waals surface area contributed by atoms with Crippen molar-refractivity contribution in [3.63, 3.8) is 0 Å². The van der Waals surface area contributed by atoms with E-state index in [4.69, 9.17) is 0 Å². The minimum atomic E-state index is 0.440. The normalized spacial score (nSPS) is 24.2. The highest BCUT2D eigenvalue weighted by Gasteiger charge is 2.33. The molecule has 0 saturated heterocycles. The number of benzene rings is 1. The molecule has 2 rings (SSSR count). The Hall–Kier alpha value is -0.300. The molecule has 1 heteroatoms. The summed E-state index contributed by atoms with van der Waals surface area (Å²) < 4.78 is 1.23. The molecule has 0 spiro atoms. The Kier molecular flexibility index (Phi) is 3.20. The first-order chi connectivity index (χ1) is 7.15. The number of aryl methyl sites for hydroxylation is 1. The Labute approximate surface area is 101 Å². The maximum Gasteiger partial charge on any atom is 0.0178 e. The molecule has 0 N–H and O–H groups in total. The number of unbranched alkanes of at least 4 members (excludes halogenated alkanes) is 1. The molecule has 1 aromatic carbocycles. The SMILES string of the molecule is CCCCC1(C)CCc2ccc(Br)cc21. The lowest BCUT2D eigenvalue weighted by Crippen LogP contribution is -2.17. The lowest BCUT2D eigenvalue weighted by molar-refractivity contribution is 0.415. The lowest BCUT2D eigenvalue weighted by Gasteiger charge is -2.25. The quantitative estimate of drug-likeness (QED) is 0.734. The zero-order chi connectivity index (χ0) is 10.9. The Morgan fingerprint density at radius 2 is 2.20 bits per heavy atom. The van der Waals surface area contributed by atoms with E-state index >= 15 is 0 Å². The van der Waals surface area contributed by atoms with Crippen LogP contribution in [0, 0.1) is 0 Å². The predicted octanol–water partition coefficient (Wildman–Crippen LogP) is 4.84. The van der Waals surface area contributed by atoms with E-state index in [1.165, 1.54) is 36.6 Å². The lowest BCUT2D eigenvalue weighted by atomic mass is 9.79. The summed E-state index contributed by atoms with van der Waals surface area (Å²) in [5.74, 6) is 0. The van der Waals surface area contributed by atoms with Crippen LogP contribution in [0.1, 0.15) is 50.7 Å². The van der Waals surface area contributed by atoms with E-state index in [1.54, 1.807) is 11.1 Å². The van der Waals surface area contributed by atoms with Crippen LogP contribution in [0.2, 0.25) is 0 Å².